The first kappa shape index (κ1) is 7.75. The van der Waals surface area contributed by atoms with Crippen molar-refractivity contribution in [2.75, 3.05) is 5.43 Å². The van der Waals surface area contributed by atoms with Crippen LogP contribution in [0.15, 0.2) is 30.5 Å². The molecule has 0 saturated carbocycles. The van der Waals surface area contributed by atoms with Crippen molar-refractivity contribution in [3.63, 3.8) is 0 Å². The number of hydrogen-bond donors (Lipinski definition) is 3. The second-order valence-corrected chi connectivity index (χ2v) is 2.53. The summed E-state index contributed by atoms with van der Waals surface area (Å²) in [5, 5.41) is 7.82. The second-order valence-electron chi connectivity index (χ2n) is 2.53. The molecule has 13 heavy (non-hydrogen) atoms. The van der Waals surface area contributed by atoms with Gasteiger partial charge < -0.3 is 10.4 Å². The molecule has 0 aromatic carbocycles. The highest BCUT2D eigenvalue weighted by molar-refractivity contribution is 5.54. The fourth-order valence-corrected chi connectivity index (χ4v) is 1.04. The summed E-state index contributed by atoms with van der Waals surface area (Å²) < 4.78 is 0. The predicted molar refractivity (Wildman–Crippen MR) is 49.6 cm³/mol. The molecule has 0 fully saturated rings. The van der Waals surface area contributed by atoms with Crippen molar-refractivity contribution in [1.82, 2.24) is 15.2 Å². The van der Waals surface area contributed by atoms with Crippen LogP contribution in [-0.2, 0) is 0 Å². The number of nitrogens with two attached hydrogens (primary N) is 1. The standard InChI is InChI=1S/C8H9N5/c9-11-8-4-3-7(12-13-8)6-2-1-5-10-6/h1-5,10H,9H2,(H,11,13). The zero-order valence-corrected chi connectivity index (χ0v) is 6.86. The van der Waals surface area contributed by atoms with Gasteiger partial charge >= 0.3 is 0 Å². The summed E-state index contributed by atoms with van der Waals surface area (Å²) in [6.45, 7) is 0. The molecule has 0 unspecified atom stereocenters. The van der Waals surface area contributed by atoms with Gasteiger partial charge in [-0.25, -0.2) is 5.84 Å². The smallest absolute Gasteiger partial charge is 0.162 e. The van der Waals surface area contributed by atoms with Gasteiger partial charge in [-0.05, 0) is 24.3 Å². The fourth-order valence-electron chi connectivity index (χ4n) is 1.04. The zero-order chi connectivity index (χ0) is 9.10. The van der Waals surface area contributed by atoms with Crippen molar-refractivity contribution < 1.29 is 0 Å². The van der Waals surface area contributed by atoms with Gasteiger partial charge in [-0.15, -0.1) is 10.2 Å². The highest BCUT2D eigenvalue weighted by atomic mass is 15.3. The van der Waals surface area contributed by atoms with Crippen molar-refractivity contribution in [1.29, 1.82) is 0 Å². The number of rotatable bonds is 2. The summed E-state index contributed by atoms with van der Waals surface area (Å²) in [6.07, 6.45) is 1.84. The Morgan fingerprint density at radius 3 is 2.69 bits per heavy atom. The van der Waals surface area contributed by atoms with Gasteiger partial charge in [0.05, 0.1) is 5.69 Å². The lowest BCUT2D eigenvalue weighted by molar-refractivity contribution is 1.02. The average Bonchev–Trinajstić information content (AvgIpc) is 2.71. The van der Waals surface area contributed by atoms with Crippen molar-refractivity contribution in [2.24, 2.45) is 5.84 Å². The van der Waals surface area contributed by atoms with Crippen LogP contribution in [0.3, 0.4) is 0 Å². The second kappa shape index (κ2) is 3.24. The minimum absolute atomic E-state index is 0.551. The van der Waals surface area contributed by atoms with E-state index in [4.69, 9.17) is 5.84 Å². The number of hydrogen-bond acceptors (Lipinski definition) is 4. The molecule has 0 saturated heterocycles. The third-order valence-corrected chi connectivity index (χ3v) is 1.69. The number of aromatic nitrogens is 3. The minimum atomic E-state index is 0.551. The number of nitrogens with one attached hydrogen (secondary N) is 2. The molecule has 0 radical (unpaired) electrons. The number of nitrogen functional groups attached to an aromatic ring is 1. The quantitative estimate of drug-likeness (QED) is 0.465. The molecule has 2 aromatic rings. The third kappa shape index (κ3) is 1.50. The van der Waals surface area contributed by atoms with E-state index in [9.17, 15) is 0 Å². The largest absolute Gasteiger partial charge is 0.360 e. The van der Waals surface area contributed by atoms with Crippen molar-refractivity contribution in [2.45, 2.75) is 0 Å². The highest BCUT2D eigenvalue weighted by Crippen LogP contribution is 2.13. The van der Waals surface area contributed by atoms with Crippen LogP contribution in [0.4, 0.5) is 5.82 Å². The SMILES string of the molecule is NNc1ccc(-c2ccc[nH]2)nn1. The molecule has 2 aromatic heterocycles. The molecule has 0 bridgehead atoms. The van der Waals surface area contributed by atoms with Gasteiger partial charge in [-0.2, -0.15) is 0 Å². The summed E-state index contributed by atoms with van der Waals surface area (Å²) in [5.74, 6) is 5.71. The first-order chi connectivity index (χ1) is 6.40. The Morgan fingerprint density at radius 1 is 1.23 bits per heavy atom. The molecule has 0 atom stereocenters. The molecule has 4 N–H and O–H groups in total. The summed E-state index contributed by atoms with van der Waals surface area (Å²) in [4.78, 5) is 3.04. The zero-order valence-electron chi connectivity index (χ0n) is 6.86. The summed E-state index contributed by atoms with van der Waals surface area (Å²) >= 11 is 0. The Kier molecular flexibility index (Phi) is 1.93. The van der Waals surface area contributed by atoms with E-state index in [0.29, 0.717) is 5.82 Å². The van der Waals surface area contributed by atoms with E-state index in [-0.39, 0.29) is 0 Å². The molecule has 66 valence electrons. The Hall–Kier alpha value is -1.88. The van der Waals surface area contributed by atoms with E-state index >= 15 is 0 Å². The lowest BCUT2D eigenvalue weighted by Crippen LogP contribution is -2.08. The Balaban J connectivity index is 2.33. The maximum absolute atomic E-state index is 5.16. The Labute approximate surface area is 75.0 Å². The van der Waals surface area contributed by atoms with E-state index in [1.807, 2.05) is 24.4 Å². The molecule has 0 aliphatic heterocycles. The van der Waals surface area contributed by atoms with Crippen molar-refractivity contribution in [3.8, 4) is 11.4 Å². The van der Waals surface area contributed by atoms with Crippen LogP contribution in [0.1, 0.15) is 0 Å². The van der Waals surface area contributed by atoms with Gasteiger partial charge in [0.25, 0.3) is 0 Å². The first-order valence-corrected chi connectivity index (χ1v) is 3.84. The predicted octanol–water partition coefficient (Wildman–Crippen LogP) is 0.757. The monoisotopic (exact) mass is 175 g/mol. The molecule has 2 heterocycles. The summed E-state index contributed by atoms with van der Waals surface area (Å²) in [5.41, 5.74) is 4.15. The summed E-state index contributed by atoms with van der Waals surface area (Å²) in [7, 11) is 0. The maximum Gasteiger partial charge on any atom is 0.162 e. The number of anilines is 1. The number of nitrogens with zero attached hydrogens (tertiary/aromatic N) is 2. The van der Waals surface area contributed by atoms with Crippen LogP contribution >= 0.6 is 0 Å². The van der Waals surface area contributed by atoms with Crippen molar-refractivity contribution >= 4 is 5.82 Å². The van der Waals surface area contributed by atoms with Gasteiger partial charge in [0, 0.05) is 6.20 Å². The van der Waals surface area contributed by atoms with E-state index < -0.39 is 0 Å². The van der Waals surface area contributed by atoms with Crippen molar-refractivity contribution in [3.05, 3.63) is 30.5 Å². The van der Waals surface area contributed by atoms with Gasteiger partial charge in [0.15, 0.2) is 5.82 Å². The van der Waals surface area contributed by atoms with Crippen LogP contribution in [0, 0.1) is 0 Å². The lowest BCUT2D eigenvalue weighted by Gasteiger charge is -1.98. The summed E-state index contributed by atoms with van der Waals surface area (Å²) in [6, 6.07) is 7.45. The number of hydrazine groups is 1. The van der Waals surface area contributed by atoms with E-state index in [1.165, 1.54) is 0 Å². The Bertz CT molecular complexity index is 364. The van der Waals surface area contributed by atoms with Crippen LogP contribution in [-0.4, -0.2) is 15.2 Å². The molecule has 0 aliphatic rings. The molecule has 0 aliphatic carbocycles. The molecule has 5 heteroatoms. The molecule has 2 rings (SSSR count). The fraction of sp³-hybridized carbons (Fsp3) is 0. The maximum atomic E-state index is 5.16. The van der Waals surface area contributed by atoms with Crippen LogP contribution in [0.2, 0.25) is 0 Å². The lowest BCUT2D eigenvalue weighted by atomic mass is 10.3. The third-order valence-electron chi connectivity index (χ3n) is 1.69. The van der Waals surface area contributed by atoms with Crippen LogP contribution in [0.5, 0.6) is 0 Å². The van der Waals surface area contributed by atoms with Gasteiger partial charge in [-0.1, -0.05) is 0 Å². The normalized spacial score (nSPS) is 9.92. The molecular weight excluding hydrogens is 166 g/mol. The number of H-pyrrole nitrogens is 1. The topological polar surface area (TPSA) is 79.6 Å². The highest BCUT2D eigenvalue weighted by Gasteiger charge is 1.99. The van der Waals surface area contributed by atoms with E-state index in [2.05, 4.69) is 20.6 Å². The molecule has 0 spiro atoms. The van der Waals surface area contributed by atoms with Gasteiger partial charge in [0.1, 0.15) is 5.69 Å². The first-order valence-electron chi connectivity index (χ1n) is 3.84. The van der Waals surface area contributed by atoms with Crippen LogP contribution < -0.4 is 11.3 Å². The molecule has 0 amide bonds. The molecule has 5 nitrogen and oxygen atoms in total. The van der Waals surface area contributed by atoms with Crippen LogP contribution in [0.25, 0.3) is 11.4 Å². The van der Waals surface area contributed by atoms with E-state index in [1.54, 1.807) is 6.07 Å². The average molecular weight is 175 g/mol. The minimum Gasteiger partial charge on any atom is -0.360 e. The van der Waals surface area contributed by atoms with Gasteiger partial charge in [0.2, 0.25) is 0 Å². The number of aromatic amines is 1. The Morgan fingerprint density at radius 2 is 2.15 bits per heavy atom. The molecular formula is C8H9N5. The van der Waals surface area contributed by atoms with Gasteiger partial charge in [-0.3, -0.25) is 0 Å². The van der Waals surface area contributed by atoms with E-state index in [0.717, 1.165) is 11.4 Å².